The first kappa shape index (κ1) is 20.9. The van der Waals surface area contributed by atoms with E-state index in [0.29, 0.717) is 23.9 Å². The summed E-state index contributed by atoms with van der Waals surface area (Å²) in [5.74, 6) is 0.320. The maximum absolute atomic E-state index is 12.4. The molecule has 0 spiro atoms. The zero-order valence-electron chi connectivity index (χ0n) is 14.0. The van der Waals surface area contributed by atoms with Gasteiger partial charge in [0.05, 0.1) is 23.3 Å². The van der Waals surface area contributed by atoms with Crippen LogP contribution in [0.4, 0.5) is 0 Å². The minimum Gasteiger partial charge on any atom is -0.338 e. The predicted molar refractivity (Wildman–Crippen MR) is 103 cm³/mol. The number of hydrogen-bond acceptors (Lipinski definition) is 4. The van der Waals surface area contributed by atoms with Crippen molar-refractivity contribution in [3.05, 3.63) is 50.9 Å². The minimum atomic E-state index is -0.565. The van der Waals surface area contributed by atoms with Gasteiger partial charge in [0.15, 0.2) is 0 Å². The average molecular weight is 388 g/mol. The molecular formula is C17H23Cl2N3OS. The Labute approximate surface area is 158 Å². The highest BCUT2D eigenvalue weighted by Gasteiger charge is 2.19. The Balaban J connectivity index is 0.00000288. The first-order valence-corrected chi connectivity index (χ1v) is 8.82. The first-order chi connectivity index (χ1) is 10.9. The lowest BCUT2D eigenvalue weighted by Gasteiger charge is -2.20. The normalized spacial score (nSPS) is 11.9. The third-order valence-electron chi connectivity index (χ3n) is 3.52. The Bertz CT molecular complexity index is 658. The molecule has 0 saturated heterocycles. The Morgan fingerprint density at radius 1 is 1.33 bits per heavy atom. The van der Waals surface area contributed by atoms with Gasteiger partial charge in [-0.05, 0) is 24.1 Å². The van der Waals surface area contributed by atoms with Gasteiger partial charge in [0.2, 0.25) is 5.91 Å². The van der Waals surface area contributed by atoms with Gasteiger partial charge in [0.25, 0.3) is 0 Å². The van der Waals surface area contributed by atoms with Crippen molar-refractivity contribution in [2.75, 3.05) is 7.05 Å². The van der Waals surface area contributed by atoms with E-state index >= 15 is 0 Å². The number of hydrogen-bond donors (Lipinski definition) is 1. The van der Waals surface area contributed by atoms with E-state index in [2.05, 4.69) is 18.8 Å². The number of likely N-dealkylation sites (N-methyl/N-ethyl adjacent to an activating group) is 1. The summed E-state index contributed by atoms with van der Waals surface area (Å²) in [5.41, 5.74) is 7.96. The maximum Gasteiger partial charge on any atom is 0.239 e. The number of nitrogens with two attached hydrogens (primary N) is 1. The van der Waals surface area contributed by atoms with Gasteiger partial charge in [-0.3, -0.25) is 4.79 Å². The molecule has 4 nitrogen and oxygen atoms in total. The van der Waals surface area contributed by atoms with Gasteiger partial charge >= 0.3 is 0 Å². The molecule has 132 valence electrons. The van der Waals surface area contributed by atoms with Crippen molar-refractivity contribution >= 4 is 41.3 Å². The second kappa shape index (κ2) is 9.37. The molecule has 1 amide bonds. The van der Waals surface area contributed by atoms with Crippen LogP contribution < -0.4 is 5.73 Å². The summed E-state index contributed by atoms with van der Waals surface area (Å²) in [4.78, 5) is 18.6. The van der Waals surface area contributed by atoms with E-state index in [1.165, 1.54) is 0 Å². The molecule has 1 aromatic carbocycles. The van der Waals surface area contributed by atoms with Gasteiger partial charge in [-0.2, -0.15) is 0 Å². The van der Waals surface area contributed by atoms with Crippen LogP contribution in [0.1, 0.15) is 36.0 Å². The number of carbonyl (C=O) groups excluding carboxylic acids is 1. The van der Waals surface area contributed by atoms with E-state index < -0.39 is 6.04 Å². The molecule has 0 bridgehead atoms. The van der Waals surface area contributed by atoms with Crippen molar-refractivity contribution in [1.82, 2.24) is 9.88 Å². The summed E-state index contributed by atoms with van der Waals surface area (Å²) in [6.07, 6.45) is 0.495. The molecule has 1 aromatic heterocycles. The SMILES string of the molecule is CC(C)c1nc(CN(C)C(=O)[C@H](N)Cc2ccc(Cl)cc2)cs1.Cl. The third kappa shape index (κ3) is 5.74. The van der Waals surface area contributed by atoms with Crippen molar-refractivity contribution in [2.45, 2.75) is 38.8 Å². The van der Waals surface area contributed by atoms with Gasteiger partial charge in [0, 0.05) is 23.4 Å². The second-order valence-corrected chi connectivity index (χ2v) is 7.29. The van der Waals surface area contributed by atoms with Gasteiger partial charge in [0.1, 0.15) is 0 Å². The maximum atomic E-state index is 12.4. The quantitative estimate of drug-likeness (QED) is 0.817. The van der Waals surface area contributed by atoms with Gasteiger partial charge in [-0.1, -0.05) is 37.6 Å². The fourth-order valence-electron chi connectivity index (χ4n) is 2.23. The van der Waals surface area contributed by atoms with E-state index in [-0.39, 0.29) is 18.3 Å². The molecule has 0 aliphatic rings. The molecular weight excluding hydrogens is 365 g/mol. The van der Waals surface area contributed by atoms with Crippen LogP contribution in [0.5, 0.6) is 0 Å². The zero-order chi connectivity index (χ0) is 17.0. The first-order valence-electron chi connectivity index (χ1n) is 7.56. The number of benzene rings is 1. The average Bonchev–Trinajstić information content (AvgIpc) is 2.97. The topological polar surface area (TPSA) is 59.2 Å². The Morgan fingerprint density at radius 2 is 1.96 bits per heavy atom. The van der Waals surface area contributed by atoms with Crippen LogP contribution in [0.3, 0.4) is 0 Å². The van der Waals surface area contributed by atoms with Crippen molar-refractivity contribution in [1.29, 1.82) is 0 Å². The summed E-state index contributed by atoms with van der Waals surface area (Å²) in [7, 11) is 1.76. The largest absolute Gasteiger partial charge is 0.338 e. The van der Waals surface area contributed by atoms with Gasteiger partial charge in [-0.25, -0.2) is 4.98 Å². The lowest BCUT2D eigenvalue weighted by atomic mass is 10.1. The molecule has 24 heavy (non-hydrogen) atoms. The number of nitrogens with zero attached hydrogens (tertiary/aromatic N) is 2. The molecule has 2 N–H and O–H groups in total. The smallest absolute Gasteiger partial charge is 0.239 e. The van der Waals surface area contributed by atoms with E-state index in [0.717, 1.165) is 16.3 Å². The highest BCUT2D eigenvalue weighted by atomic mass is 35.5. The summed E-state index contributed by atoms with van der Waals surface area (Å²) < 4.78 is 0. The van der Waals surface area contributed by atoms with Crippen molar-refractivity contribution < 1.29 is 4.79 Å². The molecule has 0 saturated carbocycles. The number of thiazole rings is 1. The molecule has 7 heteroatoms. The molecule has 1 atom stereocenters. The lowest BCUT2D eigenvalue weighted by Crippen LogP contribution is -2.42. The Morgan fingerprint density at radius 3 is 2.50 bits per heavy atom. The number of halogens is 2. The van der Waals surface area contributed by atoms with Crippen LogP contribution in [0.15, 0.2) is 29.6 Å². The number of carbonyl (C=O) groups is 1. The highest BCUT2D eigenvalue weighted by Crippen LogP contribution is 2.20. The van der Waals surface area contributed by atoms with Gasteiger partial charge < -0.3 is 10.6 Å². The molecule has 2 aromatic rings. The van der Waals surface area contributed by atoms with Crippen LogP contribution >= 0.6 is 35.3 Å². The number of amides is 1. The molecule has 2 rings (SSSR count). The molecule has 0 aliphatic heterocycles. The fraction of sp³-hybridized carbons (Fsp3) is 0.412. The second-order valence-electron chi connectivity index (χ2n) is 5.96. The summed E-state index contributed by atoms with van der Waals surface area (Å²) >= 11 is 7.49. The van der Waals surface area contributed by atoms with Gasteiger partial charge in [-0.15, -0.1) is 23.7 Å². The lowest BCUT2D eigenvalue weighted by molar-refractivity contribution is -0.131. The van der Waals surface area contributed by atoms with E-state index in [1.54, 1.807) is 35.4 Å². The Kier molecular flexibility index (Phi) is 8.16. The van der Waals surface area contributed by atoms with Crippen molar-refractivity contribution in [2.24, 2.45) is 5.73 Å². The molecule has 0 aliphatic carbocycles. The predicted octanol–water partition coefficient (Wildman–Crippen LogP) is 3.87. The molecule has 0 fully saturated rings. The van der Waals surface area contributed by atoms with Crippen LogP contribution in [0, 0.1) is 0 Å². The van der Waals surface area contributed by atoms with E-state index in [4.69, 9.17) is 17.3 Å². The summed E-state index contributed by atoms with van der Waals surface area (Å²) in [6.45, 7) is 4.70. The van der Waals surface area contributed by atoms with Crippen molar-refractivity contribution in [3.8, 4) is 0 Å². The summed E-state index contributed by atoms with van der Waals surface area (Å²) in [6, 6.07) is 6.83. The molecule has 0 unspecified atom stereocenters. The number of aromatic nitrogens is 1. The summed E-state index contributed by atoms with van der Waals surface area (Å²) in [5, 5.41) is 3.77. The molecule has 0 radical (unpaired) electrons. The van der Waals surface area contributed by atoms with E-state index in [9.17, 15) is 4.79 Å². The van der Waals surface area contributed by atoms with Crippen LogP contribution in [0.2, 0.25) is 5.02 Å². The third-order valence-corrected chi connectivity index (χ3v) is 4.97. The molecule has 1 heterocycles. The number of rotatable bonds is 6. The minimum absolute atomic E-state index is 0. The Hall–Kier alpha value is -1.14. The standard InChI is InChI=1S/C17H22ClN3OS.ClH/c1-11(2)16-20-14(10-23-16)9-21(3)17(22)15(19)8-12-4-6-13(18)7-5-12;/h4-7,10-11,15H,8-9,19H2,1-3H3;1H/t15-;/m1./s1. The van der Waals surface area contributed by atoms with E-state index in [1.807, 2.05) is 17.5 Å². The fourth-order valence-corrected chi connectivity index (χ4v) is 3.18. The van der Waals surface area contributed by atoms with Crippen LogP contribution in [-0.2, 0) is 17.8 Å². The van der Waals surface area contributed by atoms with Crippen molar-refractivity contribution in [3.63, 3.8) is 0 Å². The zero-order valence-corrected chi connectivity index (χ0v) is 16.4. The van der Waals surface area contributed by atoms with Crippen LogP contribution in [-0.4, -0.2) is 28.9 Å². The monoisotopic (exact) mass is 387 g/mol. The highest BCUT2D eigenvalue weighted by molar-refractivity contribution is 7.09. The van der Waals surface area contributed by atoms with Crippen LogP contribution in [0.25, 0.3) is 0 Å².